The summed E-state index contributed by atoms with van der Waals surface area (Å²) in [6.45, 7) is -0.0400. The summed E-state index contributed by atoms with van der Waals surface area (Å²) in [5.41, 5.74) is 8.03. The van der Waals surface area contributed by atoms with Gasteiger partial charge in [-0.15, -0.1) is 0 Å². The average molecular weight is 402 g/mol. The Morgan fingerprint density at radius 2 is 1.90 bits per heavy atom. The van der Waals surface area contributed by atoms with Gasteiger partial charge in [0.15, 0.2) is 5.78 Å². The Hall–Kier alpha value is -1.11. The number of ketones is 1. The van der Waals surface area contributed by atoms with Gasteiger partial charge >= 0.3 is 0 Å². The summed E-state index contributed by atoms with van der Waals surface area (Å²) in [6, 6.07) is 10.5. The topological polar surface area (TPSA) is 63.3 Å². The van der Waals surface area contributed by atoms with Gasteiger partial charge in [0.1, 0.15) is 0 Å². The number of hydrogen-bond donors (Lipinski definition) is 2. The number of carbonyl (C=O) groups is 1. The van der Waals surface area contributed by atoms with Gasteiger partial charge in [-0.2, -0.15) is 0 Å². The number of carbonyl (C=O) groups excluding carboxylic acids is 1. The van der Waals surface area contributed by atoms with E-state index < -0.39 is 0 Å². The van der Waals surface area contributed by atoms with Crippen molar-refractivity contribution in [1.82, 2.24) is 0 Å². The van der Waals surface area contributed by atoms with Crippen molar-refractivity contribution >= 4 is 45.7 Å². The molecule has 0 spiro atoms. The molecule has 104 valence electrons. The van der Waals surface area contributed by atoms with E-state index in [1.165, 1.54) is 0 Å². The van der Waals surface area contributed by atoms with Crippen molar-refractivity contribution in [3.8, 4) is 0 Å². The zero-order valence-electron chi connectivity index (χ0n) is 10.6. The maximum Gasteiger partial charge on any atom is 0.195 e. The van der Waals surface area contributed by atoms with E-state index in [4.69, 9.17) is 22.4 Å². The highest BCUT2D eigenvalue weighted by Gasteiger charge is 2.16. The first kappa shape index (κ1) is 15.3. The molecule has 0 radical (unpaired) electrons. The van der Waals surface area contributed by atoms with E-state index in [0.717, 1.165) is 3.57 Å². The minimum Gasteiger partial charge on any atom is -0.398 e. The van der Waals surface area contributed by atoms with Crippen LogP contribution in [0.5, 0.6) is 0 Å². The first-order valence-corrected chi connectivity index (χ1v) is 7.47. The zero-order valence-corrected chi connectivity index (χ0v) is 13.5. The van der Waals surface area contributed by atoms with E-state index in [9.17, 15) is 4.79 Å². The number of benzene rings is 2. The zero-order chi connectivity index (χ0) is 14.7. The molecule has 0 saturated carbocycles. The van der Waals surface area contributed by atoms with Crippen LogP contribution in [-0.2, 0) is 6.42 Å². The van der Waals surface area contributed by atoms with Crippen molar-refractivity contribution in [2.24, 2.45) is 0 Å². The normalized spacial score (nSPS) is 10.6. The summed E-state index contributed by atoms with van der Waals surface area (Å²) in [7, 11) is 0. The molecule has 0 bridgehead atoms. The van der Waals surface area contributed by atoms with Crippen molar-refractivity contribution in [3.63, 3.8) is 0 Å². The van der Waals surface area contributed by atoms with Crippen LogP contribution in [0.4, 0.5) is 5.69 Å². The molecule has 2 aromatic rings. The lowest BCUT2D eigenvalue weighted by Crippen LogP contribution is -2.09. The molecule has 3 N–H and O–H groups in total. The lowest BCUT2D eigenvalue weighted by Gasteiger charge is -2.11. The second-order valence-corrected chi connectivity index (χ2v) is 6.02. The Balaban J connectivity index is 2.46. The smallest absolute Gasteiger partial charge is 0.195 e. The highest BCUT2D eigenvalue weighted by atomic mass is 127. The number of nitrogens with two attached hydrogens (primary N) is 1. The summed E-state index contributed by atoms with van der Waals surface area (Å²) in [4.78, 5) is 12.5. The third kappa shape index (κ3) is 3.31. The maximum atomic E-state index is 12.5. The summed E-state index contributed by atoms with van der Waals surface area (Å²) in [5.74, 6) is -0.166. The summed E-state index contributed by atoms with van der Waals surface area (Å²) in [5, 5.41) is 9.47. The van der Waals surface area contributed by atoms with Crippen LogP contribution in [0.25, 0.3) is 0 Å². The lowest BCUT2D eigenvalue weighted by atomic mass is 9.98. The molecule has 0 aliphatic heterocycles. The number of aliphatic hydroxyl groups is 1. The molecule has 0 heterocycles. The van der Waals surface area contributed by atoms with Crippen molar-refractivity contribution < 1.29 is 9.90 Å². The molecule has 0 unspecified atom stereocenters. The van der Waals surface area contributed by atoms with E-state index in [1.54, 1.807) is 24.3 Å². The highest BCUT2D eigenvalue weighted by Crippen LogP contribution is 2.26. The SMILES string of the molecule is Nc1c(CCO)cc(Cl)cc1C(=O)c1ccc(I)cc1. The Morgan fingerprint density at radius 3 is 2.50 bits per heavy atom. The second-order valence-electron chi connectivity index (χ2n) is 4.34. The largest absolute Gasteiger partial charge is 0.398 e. The molecule has 0 atom stereocenters. The molecule has 2 rings (SSSR count). The first-order valence-electron chi connectivity index (χ1n) is 6.02. The molecule has 0 aromatic heterocycles. The molecule has 0 aliphatic carbocycles. The van der Waals surface area contributed by atoms with Crippen molar-refractivity contribution in [2.75, 3.05) is 12.3 Å². The molecule has 0 amide bonds. The van der Waals surface area contributed by atoms with Crippen LogP contribution in [0.3, 0.4) is 0 Å². The average Bonchev–Trinajstić information content (AvgIpc) is 2.43. The fourth-order valence-electron chi connectivity index (χ4n) is 1.95. The molecular weight excluding hydrogens is 389 g/mol. The van der Waals surface area contributed by atoms with Crippen LogP contribution in [-0.4, -0.2) is 17.5 Å². The number of aliphatic hydroxyl groups excluding tert-OH is 1. The van der Waals surface area contributed by atoms with Crippen LogP contribution in [0.15, 0.2) is 36.4 Å². The van der Waals surface area contributed by atoms with Gasteiger partial charge in [-0.05, 0) is 71.0 Å². The summed E-state index contributed by atoms with van der Waals surface area (Å²) < 4.78 is 1.05. The van der Waals surface area contributed by atoms with Crippen LogP contribution >= 0.6 is 34.2 Å². The van der Waals surface area contributed by atoms with Gasteiger partial charge in [0, 0.05) is 32.0 Å². The maximum absolute atomic E-state index is 12.5. The van der Waals surface area contributed by atoms with E-state index in [2.05, 4.69) is 22.6 Å². The third-order valence-electron chi connectivity index (χ3n) is 2.96. The van der Waals surface area contributed by atoms with Gasteiger partial charge in [0.25, 0.3) is 0 Å². The van der Waals surface area contributed by atoms with Crippen LogP contribution in [0, 0.1) is 3.57 Å². The fourth-order valence-corrected chi connectivity index (χ4v) is 2.55. The Labute approximate surface area is 135 Å². The molecule has 5 heteroatoms. The van der Waals surface area contributed by atoms with Crippen LogP contribution in [0.1, 0.15) is 21.5 Å². The third-order valence-corrected chi connectivity index (χ3v) is 3.90. The molecule has 20 heavy (non-hydrogen) atoms. The predicted molar refractivity (Wildman–Crippen MR) is 89.2 cm³/mol. The number of anilines is 1. The fraction of sp³-hybridized carbons (Fsp3) is 0.133. The quantitative estimate of drug-likeness (QED) is 0.469. The summed E-state index contributed by atoms with van der Waals surface area (Å²) in [6.07, 6.45) is 0.374. The van der Waals surface area contributed by atoms with Crippen molar-refractivity contribution in [2.45, 2.75) is 6.42 Å². The minimum atomic E-state index is -0.166. The Bertz CT molecular complexity index is 641. The number of nitrogen functional groups attached to an aromatic ring is 1. The lowest BCUT2D eigenvalue weighted by molar-refractivity contribution is 0.103. The Morgan fingerprint density at radius 1 is 1.25 bits per heavy atom. The standard InChI is InChI=1S/C15H13ClINO2/c16-11-7-10(5-6-19)14(18)13(8-11)15(20)9-1-3-12(17)4-2-9/h1-4,7-8,19H,5-6,18H2. The first-order chi connectivity index (χ1) is 9.52. The van der Waals surface area contributed by atoms with Gasteiger partial charge in [0.05, 0.1) is 0 Å². The highest BCUT2D eigenvalue weighted by molar-refractivity contribution is 14.1. The molecular formula is C15H13ClINO2. The molecule has 2 aromatic carbocycles. The van der Waals surface area contributed by atoms with Crippen LogP contribution in [0.2, 0.25) is 5.02 Å². The van der Waals surface area contributed by atoms with Gasteiger partial charge in [-0.1, -0.05) is 11.6 Å². The molecule has 0 saturated heterocycles. The van der Waals surface area contributed by atoms with Gasteiger partial charge in [0.2, 0.25) is 0 Å². The van der Waals surface area contributed by atoms with Crippen molar-refractivity contribution in [1.29, 1.82) is 0 Å². The monoisotopic (exact) mass is 401 g/mol. The Kier molecular flexibility index (Phi) is 5.01. The van der Waals surface area contributed by atoms with E-state index in [1.807, 2.05) is 12.1 Å². The molecule has 0 fully saturated rings. The van der Waals surface area contributed by atoms with Gasteiger partial charge in [-0.3, -0.25) is 4.79 Å². The van der Waals surface area contributed by atoms with Gasteiger partial charge in [-0.25, -0.2) is 0 Å². The predicted octanol–water partition coefficient (Wildman–Crippen LogP) is 3.29. The van der Waals surface area contributed by atoms with E-state index >= 15 is 0 Å². The van der Waals surface area contributed by atoms with Gasteiger partial charge < -0.3 is 10.8 Å². The molecule has 0 aliphatic rings. The minimum absolute atomic E-state index is 0.0400. The molecule has 3 nitrogen and oxygen atoms in total. The van der Waals surface area contributed by atoms with Crippen molar-refractivity contribution in [3.05, 3.63) is 61.7 Å². The summed E-state index contributed by atoms with van der Waals surface area (Å²) >= 11 is 8.20. The number of halogens is 2. The number of hydrogen-bond acceptors (Lipinski definition) is 3. The second kappa shape index (κ2) is 6.56. The van der Waals surface area contributed by atoms with E-state index in [-0.39, 0.29) is 12.4 Å². The van der Waals surface area contributed by atoms with E-state index in [0.29, 0.717) is 33.8 Å². The van der Waals surface area contributed by atoms with Crippen LogP contribution < -0.4 is 5.73 Å². The number of rotatable bonds is 4.